The Morgan fingerprint density at radius 1 is 1.00 bits per heavy atom. The number of rotatable bonds is 8. The molecule has 0 spiro atoms. The first kappa shape index (κ1) is 22.7. The molecule has 2 atom stereocenters. The molecule has 3 aromatic rings. The summed E-state index contributed by atoms with van der Waals surface area (Å²) >= 11 is 0. The molecule has 0 aromatic heterocycles. The molecule has 2 aliphatic rings. The summed E-state index contributed by atoms with van der Waals surface area (Å²) in [5, 5.41) is 2.32. The zero-order chi connectivity index (χ0) is 22.6. The van der Waals surface area contributed by atoms with Crippen molar-refractivity contribution in [2.75, 3.05) is 39.9 Å². The van der Waals surface area contributed by atoms with E-state index in [2.05, 4.69) is 57.7 Å². The molecular weight excluding hydrogens is 428 g/mol. The number of nitrogens with zero attached hydrogens (tertiary/aromatic N) is 2. The number of benzene rings is 3. The van der Waals surface area contributed by atoms with Crippen molar-refractivity contribution in [2.24, 2.45) is 5.92 Å². The number of fused-ring (bicyclic) bond motifs is 2. The lowest BCUT2D eigenvalue weighted by molar-refractivity contribution is 0.110. The molecule has 0 amide bonds. The highest BCUT2D eigenvalue weighted by Gasteiger charge is 2.31. The van der Waals surface area contributed by atoms with E-state index in [1.165, 1.54) is 48.7 Å². The van der Waals surface area contributed by atoms with E-state index < -0.39 is 11.0 Å². The van der Waals surface area contributed by atoms with Crippen LogP contribution >= 0.6 is 0 Å². The van der Waals surface area contributed by atoms with Gasteiger partial charge in [0.2, 0.25) is 0 Å². The molecular formula is C28H34N2O2S. The van der Waals surface area contributed by atoms with Crippen LogP contribution in [0.25, 0.3) is 10.8 Å². The van der Waals surface area contributed by atoms with Gasteiger partial charge in [0, 0.05) is 32.8 Å². The summed E-state index contributed by atoms with van der Waals surface area (Å²) in [4.78, 5) is 3.57. The second-order valence-corrected chi connectivity index (χ2v) is 11.0. The fourth-order valence-electron chi connectivity index (χ4n) is 5.52. The number of piperidine rings is 1. The first-order valence-electron chi connectivity index (χ1n) is 12.2. The molecule has 1 aliphatic carbocycles. The lowest BCUT2D eigenvalue weighted by Gasteiger charge is -2.38. The summed E-state index contributed by atoms with van der Waals surface area (Å²) in [5.41, 5.74) is 3.03. The minimum atomic E-state index is -1.19. The molecule has 5 rings (SSSR count). The average molecular weight is 463 g/mol. The highest BCUT2D eigenvalue weighted by molar-refractivity contribution is 7.82. The Kier molecular flexibility index (Phi) is 7.21. The van der Waals surface area contributed by atoms with E-state index in [-0.39, 0.29) is 0 Å². The van der Waals surface area contributed by atoms with E-state index >= 15 is 0 Å². The molecule has 1 fully saturated rings. The lowest BCUT2D eigenvalue weighted by atomic mass is 9.96. The molecule has 174 valence electrons. The highest BCUT2D eigenvalue weighted by atomic mass is 32.2. The summed E-state index contributed by atoms with van der Waals surface area (Å²) in [6.07, 6.45) is 4.76. The van der Waals surface area contributed by atoms with E-state index in [9.17, 15) is 4.21 Å². The zero-order valence-electron chi connectivity index (χ0n) is 19.5. The van der Waals surface area contributed by atoms with E-state index in [4.69, 9.17) is 4.74 Å². The Balaban J connectivity index is 1.27. The van der Waals surface area contributed by atoms with Crippen LogP contribution in [0.1, 0.15) is 24.0 Å². The van der Waals surface area contributed by atoms with Crippen molar-refractivity contribution < 1.29 is 8.95 Å². The molecule has 0 radical (unpaired) electrons. The number of hydrogen-bond acceptors (Lipinski definition) is 3. The Morgan fingerprint density at radius 2 is 1.73 bits per heavy atom. The lowest BCUT2D eigenvalue weighted by Crippen LogP contribution is -2.46. The molecule has 1 heterocycles. The summed E-state index contributed by atoms with van der Waals surface area (Å²) in [6, 6.07) is 24.0. The van der Waals surface area contributed by atoms with E-state index in [1.54, 1.807) is 7.11 Å². The quantitative estimate of drug-likeness (QED) is 0.487. The number of hydrogen-bond donors (Lipinski definition) is 0. The summed E-state index contributed by atoms with van der Waals surface area (Å²) in [7, 11) is 0.528. The predicted molar refractivity (Wildman–Crippen MR) is 136 cm³/mol. The normalized spacial score (nSPS) is 20.4. The van der Waals surface area contributed by atoms with Gasteiger partial charge in [-0.25, -0.2) is 8.51 Å². The molecule has 0 N–H and O–H groups in total. The Hall–Kier alpha value is -2.05. The van der Waals surface area contributed by atoms with Crippen LogP contribution in [0.3, 0.4) is 0 Å². The summed E-state index contributed by atoms with van der Waals surface area (Å²) < 4.78 is 21.1. The molecule has 4 nitrogen and oxygen atoms in total. The van der Waals surface area contributed by atoms with Gasteiger partial charge < -0.3 is 4.74 Å². The molecule has 1 aliphatic heterocycles. The van der Waals surface area contributed by atoms with Crippen molar-refractivity contribution in [1.29, 1.82) is 0 Å². The second-order valence-electron chi connectivity index (χ2n) is 9.47. The second kappa shape index (κ2) is 10.5. The molecule has 33 heavy (non-hydrogen) atoms. The van der Waals surface area contributed by atoms with Gasteiger partial charge in [0.05, 0.1) is 11.5 Å². The fourth-order valence-corrected chi connectivity index (χ4v) is 6.82. The van der Waals surface area contributed by atoms with Crippen LogP contribution in [0.4, 0.5) is 0 Å². The molecule has 0 bridgehead atoms. The van der Waals surface area contributed by atoms with Gasteiger partial charge in [-0.05, 0) is 72.2 Å². The molecule has 5 heteroatoms. The third-order valence-electron chi connectivity index (χ3n) is 7.26. The van der Waals surface area contributed by atoms with E-state index in [0.717, 1.165) is 23.4 Å². The third-order valence-corrected chi connectivity index (χ3v) is 8.72. The maximum atomic E-state index is 13.6. The van der Waals surface area contributed by atoms with Gasteiger partial charge in [-0.15, -0.1) is 0 Å². The van der Waals surface area contributed by atoms with Crippen LogP contribution in [0.2, 0.25) is 0 Å². The van der Waals surface area contributed by atoms with Gasteiger partial charge >= 0.3 is 0 Å². The minimum absolute atomic E-state index is 0.531. The smallest absolute Gasteiger partial charge is 0.127 e. The van der Waals surface area contributed by atoms with Crippen molar-refractivity contribution in [3.8, 4) is 0 Å². The monoisotopic (exact) mass is 462 g/mol. The Labute approximate surface area is 200 Å². The van der Waals surface area contributed by atoms with Crippen molar-refractivity contribution in [3.63, 3.8) is 0 Å². The average Bonchev–Trinajstić information content (AvgIpc) is 3.30. The van der Waals surface area contributed by atoms with Crippen LogP contribution in [0, 0.1) is 5.92 Å². The standard InChI is InChI=1S/C28H34N2O2S/c1-32-16-15-30(33(31)28-13-12-23-8-2-3-11-26(23)19-28)21-22-7-6-14-29(20-22)27-17-24-9-4-5-10-25(24)18-27/h2-5,8-13,19,22,27H,6-7,14-18,20-21H2,1H3. The van der Waals surface area contributed by atoms with Crippen LogP contribution in [0.5, 0.6) is 0 Å². The topological polar surface area (TPSA) is 32.8 Å². The van der Waals surface area contributed by atoms with Crippen molar-refractivity contribution in [3.05, 3.63) is 77.9 Å². The number of ether oxygens (including phenoxy) is 1. The van der Waals surface area contributed by atoms with Crippen LogP contribution in [0.15, 0.2) is 71.6 Å². The molecule has 3 aromatic carbocycles. The third kappa shape index (κ3) is 5.22. The van der Waals surface area contributed by atoms with E-state index in [1.807, 2.05) is 18.2 Å². The first-order valence-corrected chi connectivity index (χ1v) is 13.3. The van der Waals surface area contributed by atoms with Crippen LogP contribution < -0.4 is 0 Å². The van der Waals surface area contributed by atoms with Crippen molar-refractivity contribution in [1.82, 2.24) is 9.21 Å². The largest absolute Gasteiger partial charge is 0.383 e. The minimum Gasteiger partial charge on any atom is -0.383 e. The Morgan fingerprint density at radius 3 is 2.48 bits per heavy atom. The zero-order valence-corrected chi connectivity index (χ0v) is 20.3. The SMILES string of the molecule is COCCN(CC1CCCN(C2Cc3ccccc3C2)C1)S(=O)c1ccc2ccccc2c1. The van der Waals surface area contributed by atoms with Crippen LogP contribution in [-0.2, 0) is 28.6 Å². The van der Waals surface area contributed by atoms with Gasteiger partial charge in [-0.2, -0.15) is 0 Å². The van der Waals surface area contributed by atoms with Gasteiger partial charge in [0.1, 0.15) is 11.0 Å². The summed E-state index contributed by atoms with van der Waals surface area (Å²) in [5.74, 6) is 0.531. The maximum absolute atomic E-state index is 13.6. The fraction of sp³-hybridized carbons (Fsp3) is 0.429. The van der Waals surface area contributed by atoms with Crippen molar-refractivity contribution >= 4 is 21.8 Å². The molecule has 2 unspecified atom stereocenters. The Bertz CT molecular complexity index is 1090. The van der Waals surface area contributed by atoms with Gasteiger partial charge in [-0.3, -0.25) is 4.90 Å². The highest BCUT2D eigenvalue weighted by Crippen LogP contribution is 2.29. The number of likely N-dealkylation sites (tertiary alicyclic amines) is 1. The van der Waals surface area contributed by atoms with Gasteiger partial charge in [0.25, 0.3) is 0 Å². The van der Waals surface area contributed by atoms with Gasteiger partial charge in [0.15, 0.2) is 0 Å². The maximum Gasteiger partial charge on any atom is 0.127 e. The first-order chi connectivity index (χ1) is 16.2. The van der Waals surface area contributed by atoms with Crippen molar-refractivity contribution in [2.45, 2.75) is 36.6 Å². The number of methoxy groups -OCH3 is 1. The summed E-state index contributed by atoms with van der Waals surface area (Å²) in [6.45, 7) is 4.39. The predicted octanol–water partition coefficient (Wildman–Crippen LogP) is 4.69. The van der Waals surface area contributed by atoms with E-state index in [0.29, 0.717) is 25.1 Å². The molecule has 0 saturated carbocycles. The van der Waals surface area contributed by atoms with Gasteiger partial charge in [-0.1, -0.05) is 54.6 Å². The van der Waals surface area contributed by atoms with Crippen LogP contribution in [-0.4, -0.2) is 59.4 Å². The molecule has 1 saturated heterocycles.